The van der Waals surface area contributed by atoms with Crippen LogP contribution in [0, 0.1) is 5.21 Å². The van der Waals surface area contributed by atoms with E-state index in [1.54, 1.807) is 0 Å². The Labute approximate surface area is 68.6 Å². The fourth-order valence-electron chi connectivity index (χ4n) is 1.12. The first kappa shape index (κ1) is 9.40. The maximum atomic E-state index is 10.9. The van der Waals surface area contributed by atoms with Crippen molar-refractivity contribution in [1.29, 1.82) is 0 Å². The van der Waals surface area contributed by atoms with Crippen LogP contribution in [0.2, 0.25) is 0 Å². The van der Waals surface area contributed by atoms with Gasteiger partial charge in [-0.25, -0.2) is 4.74 Å². The maximum Gasteiger partial charge on any atom is 0.220 e. The Balaban J connectivity index is 2.88. The molecule has 0 aromatic rings. The van der Waals surface area contributed by atoms with Crippen LogP contribution in [0.1, 0.15) is 0 Å². The van der Waals surface area contributed by atoms with Gasteiger partial charge >= 0.3 is 0 Å². The Kier molecular flexibility index (Phi) is 2.63. The van der Waals surface area contributed by atoms with E-state index in [1.165, 1.54) is 0 Å². The van der Waals surface area contributed by atoms with Crippen molar-refractivity contribution >= 4 is 5.71 Å². The van der Waals surface area contributed by atoms with Gasteiger partial charge in [0.05, 0.1) is 0 Å². The molecule has 1 aliphatic rings. The van der Waals surface area contributed by atoms with Gasteiger partial charge in [0, 0.05) is 0 Å². The number of hydrogen-bond donors (Lipinski definition) is 4. The molecule has 0 aliphatic carbocycles. The van der Waals surface area contributed by atoms with Crippen LogP contribution in [-0.2, 0) is 0 Å². The minimum atomic E-state index is -1.48. The first-order chi connectivity index (χ1) is 5.57. The molecule has 0 saturated heterocycles. The minimum absolute atomic E-state index is 0.215. The molecule has 0 saturated carbocycles. The zero-order valence-electron chi connectivity index (χ0n) is 6.29. The molecule has 3 atom stereocenters. The van der Waals surface area contributed by atoms with E-state index in [-0.39, 0.29) is 12.3 Å². The van der Waals surface area contributed by atoms with Gasteiger partial charge in [0.1, 0.15) is 18.8 Å². The predicted molar refractivity (Wildman–Crippen MR) is 38.6 cm³/mol. The second kappa shape index (κ2) is 3.36. The van der Waals surface area contributed by atoms with Crippen molar-refractivity contribution in [1.82, 2.24) is 0 Å². The topological polar surface area (TPSA) is 107 Å². The molecule has 1 rings (SSSR count). The van der Waals surface area contributed by atoms with E-state index < -0.39 is 24.9 Å². The lowest BCUT2D eigenvalue weighted by Crippen LogP contribution is -2.54. The summed E-state index contributed by atoms with van der Waals surface area (Å²) in [5.41, 5.74) is -0.215. The Morgan fingerprint density at radius 3 is 2.50 bits per heavy atom. The van der Waals surface area contributed by atoms with Crippen LogP contribution in [0.3, 0.4) is 0 Å². The van der Waals surface area contributed by atoms with Crippen LogP contribution in [0.15, 0.2) is 0 Å². The SMILES string of the molecule is [O-][N+]1=C(CO)[C@@H](O)[C@H](O)[C@H](O)C1. The molecular formula is C6H11NO5. The largest absolute Gasteiger partial charge is 0.624 e. The Bertz CT molecular complexity index is 204. The van der Waals surface area contributed by atoms with Crippen molar-refractivity contribution in [3.05, 3.63) is 5.21 Å². The monoisotopic (exact) mass is 177 g/mol. The summed E-state index contributed by atoms with van der Waals surface area (Å²) in [5.74, 6) is 0. The minimum Gasteiger partial charge on any atom is -0.624 e. The highest BCUT2D eigenvalue weighted by molar-refractivity contribution is 5.86. The summed E-state index contributed by atoms with van der Waals surface area (Å²) < 4.78 is 0.294. The normalized spacial score (nSPS) is 37.2. The summed E-state index contributed by atoms with van der Waals surface area (Å²) in [7, 11) is 0. The first-order valence-corrected chi connectivity index (χ1v) is 3.53. The number of β-amino-alcohol motifs (C(OH)–C–C–N with tert-alkyl or cyclic N) is 1. The van der Waals surface area contributed by atoms with Crippen molar-refractivity contribution in [2.45, 2.75) is 18.3 Å². The third-order valence-electron chi connectivity index (χ3n) is 1.89. The van der Waals surface area contributed by atoms with Gasteiger partial charge in [0.15, 0.2) is 12.6 Å². The first-order valence-electron chi connectivity index (χ1n) is 3.53. The van der Waals surface area contributed by atoms with E-state index in [0.29, 0.717) is 4.74 Å². The molecule has 0 unspecified atom stereocenters. The third kappa shape index (κ3) is 1.42. The van der Waals surface area contributed by atoms with E-state index in [9.17, 15) is 5.21 Å². The predicted octanol–water partition coefficient (Wildman–Crippen LogP) is -2.97. The second-order valence-corrected chi connectivity index (χ2v) is 2.71. The molecule has 6 nitrogen and oxygen atoms in total. The van der Waals surface area contributed by atoms with E-state index >= 15 is 0 Å². The molecule has 1 heterocycles. The number of aliphatic hydroxyl groups is 4. The van der Waals surface area contributed by atoms with E-state index in [1.807, 2.05) is 0 Å². The van der Waals surface area contributed by atoms with Gasteiger partial charge in [-0.15, -0.1) is 0 Å². The number of nitrogens with zero attached hydrogens (tertiary/aromatic N) is 1. The zero-order chi connectivity index (χ0) is 9.30. The summed E-state index contributed by atoms with van der Waals surface area (Å²) in [4.78, 5) is 0. The fraction of sp³-hybridized carbons (Fsp3) is 0.833. The summed E-state index contributed by atoms with van der Waals surface area (Å²) in [6.45, 7) is -0.942. The highest BCUT2D eigenvalue weighted by atomic mass is 16.5. The zero-order valence-corrected chi connectivity index (χ0v) is 6.29. The fourth-order valence-corrected chi connectivity index (χ4v) is 1.12. The molecule has 12 heavy (non-hydrogen) atoms. The highest BCUT2D eigenvalue weighted by Gasteiger charge is 2.38. The lowest BCUT2D eigenvalue weighted by atomic mass is 10.0. The number of hydrogen-bond acceptors (Lipinski definition) is 5. The van der Waals surface area contributed by atoms with E-state index in [0.717, 1.165) is 0 Å². The maximum absolute atomic E-state index is 10.9. The van der Waals surface area contributed by atoms with Gasteiger partial charge in [-0.1, -0.05) is 0 Å². The molecule has 1 aliphatic heterocycles. The van der Waals surface area contributed by atoms with Gasteiger partial charge in [-0.3, -0.25) is 0 Å². The van der Waals surface area contributed by atoms with Crippen molar-refractivity contribution in [3.63, 3.8) is 0 Å². The summed E-state index contributed by atoms with van der Waals surface area (Å²) in [6, 6.07) is 0. The Morgan fingerprint density at radius 2 is 2.00 bits per heavy atom. The summed E-state index contributed by atoms with van der Waals surface area (Å²) >= 11 is 0. The second-order valence-electron chi connectivity index (χ2n) is 2.71. The molecule has 0 aromatic carbocycles. The van der Waals surface area contributed by atoms with Gasteiger partial charge in [-0.05, 0) is 0 Å². The molecule has 0 radical (unpaired) electrons. The smallest absolute Gasteiger partial charge is 0.220 e. The molecule has 0 bridgehead atoms. The lowest BCUT2D eigenvalue weighted by Gasteiger charge is -2.27. The highest BCUT2D eigenvalue weighted by Crippen LogP contribution is 2.08. The quantitative estimate of drug-likeness (QED) is 0.252. The van der Waals surface area contributed by atoms with Gasteiger partial charge in [-0.2, -0.15) is 0 Å². The van der Waals surface area contributed by atoms with Crippen LogP contribution in [0.4, 0.5) is 0 Å². The standard InChI is InChI=1S/C6H11NO5/c8-2-3-5(10)6(11)4(9)1-7(3)12/h4-6,8-11H,1-2H2/t4-,5-,6-/m1/s1. The molecular weight excluding hydrogens is 166 g/mol. The van der Waals surface area contributed by atoms with E-state index in [2.05, 4.69) is 0 Å². The van der Waals surface area contributed by atoms with Crippen LogP contribution < -0.4 is 0 Å². The summed E-state index contributed by atoms with van der Waals surface area (Å²) in [6.07, 6.45) is -4.14. The number of rotatable bonds is 1. The summed E-state index contributed by atoms with van der Waals surface area (Å²) in [5, 5.41) is 46.7. The van der Waals surface area contributed by atoms with Gasteiger partial charge in [0.25, 0.3) is 0 Å². The van der Waals surface area contributed by atoms with Crippen molar-refractivity contribution in [2.75, 3.05) is 13.2 Å². The van der Waals surface area contributed by atoms with Crippen LogP contribution in [-0.4, -0.2) is 62.3 Å². The molecule has 6 heteroatoms. The molecule has 0 aromatic heterocycles. The van der Waals surface area contributed by atoms with Crippen LogP contribution >= 0.6 is 0 Å². The van der Waals surface area contributed by atoms with E-state index in [4.69, 9.17) is 20.4 Å². The Hall–Kier alpha value is -0.690. The van der Waals surface area contributed by atoms with Gasteiger partial charge in [0.2, 0.25) is 5.71 Å². The average molecular weight is 177 g/mol. The molecule has 4 N–H and O–H groups in total. The molecule has 0 fully saturated rings. The number of aliphatic hydroxyl groups excluding tert-OH is 4. The van der Waals surface area contributed by atoms with Crippen LogP contribution in [0.5, 0.6) is 0 Å². The van der Waals surface area contributed by atoms with Crippen molar-refractivity contribution in [3.8, 4) is 0 Å². The molecule has 0 spiro atoms. The third-order valence-corrected chi connectivity index (χ3v) is 1.89. The number of hydroxylamine groups is 1. The molecule has 70 valence electrons. The van der Waals surface area contributed by atoms with Crippen molar-refractivity contribution in [2.24, 2.45) is 0 Å². The average Bonchev–Trinajstić information content (AvgIpc) is 2.01. The lowest BCUT2D eigenvalue weighted by molar-refractivity contribution is -0.486. The Morgan fingerprint density at radius 1 is 1.42 bits per heavy atom. The van der Waals surface area contributed by atoms with Gasteiger partial charge < -0.3 is 25.6 Å². The van der Waals surface area contributed by atoms with Crippen LogP contribution in [0.25, 0.3) is 0 Å². The van der Waals surface area contributed by atoms with Crippen molar-refractivity contribution < 1.29 is 25.2 Å². The molecule has 0 amide bonds.